The number of carboxylic acids is 1. The number of nitro groups is 1. The fourth-order valence-corrected chi connectivity index (χ4v) is 1.82. The first kappa shape index (κ1) is 14.2. The molecule has 9 heteroatoms. The highest BCUT2D eigenvalue weighted by molar-refractivity contribution is 6.39. The van der Waals surface area contributed by atoms with Gasteiger partial charge in [-0.2, -0.15) is 0 Å². The second-order valence-corrected chi connectivity index (χ2v) is 3.78. The topological polar surface area (TPSA) is 107 Å². The molecular weight excluding hydrogens is 289 g/mol. The van der Waals surface area contributed by atoms with Crippen LogP contribution < -0.4 is 0 Å². The minimum atomic E-state index is -1.62. The van der Waals surface area contributed by atoms with Crippen molar-refractivity contribution in [3.8, 4) is 0 Å². The summed E-state index contributed by atoms with van der Waals surface area (Å²) in [6.45, 7) is 0. The number of esters is 1. The molecule has 0 amide bonds. The first-order chi connectivity index (χ1) is 8.31. The summed E-state index contributed by atoms with van der Waals surface area (Å²) < 4.78 is 4.36. The highest BCUT2D eigenvalue weighted by Crippen LogP contribution is 2.37. The monoisotopic (exact) mass is 293 g/mol. The molecule has 0 aliphatic rings. The smallest absolute Gasteiger partial charge is 0.344 e. The lowest BCUT2D eigenvalue weighted by Crippen LogP contribution is -2.09. The average Bonchev–Trinajstić information content (AvgIpc) is 2.29. The van der Waals surface area contributed by atoms with Crippen LogP contribution in [0.25, 0.3) is 0 Å². The molecule has 0 aliphatic carbocycles. The second kappa shape index (κ2) is 5.19. The minimum absolute atomic E-state index is 0.374. The van der Waals surface area contributed by atoms with Crippen LogP contribution >= 0.6 is 23.2 Å². The lowest BCUT2D eigenvalue weighted by Gasteiger charge is -2.07. The van der Waals surface area contributed by atoms with Crippen LogP contribution in [-0.4, -0.2) is 29.1 Å². The van der Waals surface area contributed by atoms with Gasteiger partial charge in [0.15, 0.2) is 5.56 Å². The van der Waals surface area contributed by atoms with Gasteiger partial charge in [0.1, 0.15) is 5.02 Å². The van der Waals surface area contributed by atoms with E-state index in [1.54, 1.807) is 0 Å². The third-order valence-corrected chi connectivity index (χ3v) is 2.67. The largest absolute Gasteiger partial charge is 0.477 e. The molecule has 0 fully saturated rings. The van der Waals surface area contributed by atoms with Gasteiger partial charge in [0.05, 0.1) is 22.6 Å². The SMILES string of the molecule is COC(=O)c1cc(Cl)c(C(=O)O)c([N+](=O)[O-])c1Cl. The molecule has 0 radical (unpaired) electrons. The van der Waals surface area contributed by atoms with E-state index in [9.17, 15) is 19.7 Å². The van der Waals surface area contributed by atoms with Crippen molar-refractivity contribution in [2.24, 2.45) is 0 Å². The number of hydrogen-bond acceptors (Lipinski definition) is 5. The minimum Gasteiger partial charge on any atom is -0.477 e. The number of methoxy groups -OCH3 is 1. The predicted octanol–water partition coefficient (Wildman–Crippen LogP) is 2.39. The van der Waals surface area contributed by atoms with Crippen molar-refractivity contribution in [1.82, 2.24) is 0 Å². The van der Waals surface area contributed by atoms with Crippen LogP contribution in [-0.2, 0) is 4.74 Å². The Labute approximate surface area is 110 Å². The van der Waals surface area contributed by atoms with Crippen molar-refractivity contribution in [2.45, 2.75) is 0 Å². The Kier molecular flexibility index (Phi) is 4.10. The van der Waals surface area contributed by atoms with E-state index in [4.69, 9.17) is 28.3 Å². The summed E-state index contributed by atoms with van der Waals surface area (Å²) in [5.41, 5.74) is -2.10. The van der Waals surface area contributed by atoms with Crippen molar-refractivity contribution >= 4 is 40.8 Å². The van der Waals surface area contributed by atoms with E-state index >= 15 is 0 Å². The number of hydrogen-bond donors (Lipinski definition) is 1. The van der Waals surface area contributed by atoms with E-state index in [2.05, 4.69) is 4.74 Å². The number of ether oxygens (including phenoxy) is 1. The number of carbonyl (C=O) groups excluding carboxylic acids is 1. The number of nitrogens with zero attached hydrogens (tertiary/aromatic N) is 1. The van der Waals surface area contributed by atoms with Gasteiger partial charge in [-0.25, -0.2) is 9.59 Å². The van der Waals surface area contributed by atoms with Crippen LogP contribution in [0.4, 0.5) is 5.69 Å². The van der Waals surface area contributed by atoms with Crippen LogP contribution in [0.5, 0.6) is 0 Å². The van der Waals surface area contributed by atoms with Gasteiger partial charge in [-0.05, 0) is 6.07 Å². The lowest BCUT2D eigenvalue weighted by molar-refractivity contribution is -0.385. The van der Waals surface area contributed by atoms with Crippen LogP contribution in [0.2, 0.25) is 10.0 Å². The molecule has 96 valence electrons. The van der Waals surface area contributed by atoms with E-state index in [0.717, 1.165) is 13.2 Å². The van der Waals surface area contributed by atoms with Crippen LogP contribution in [0.15, 0.2) is 6.07 Å². The Morgan fingerprint density at radius 3 is 2.39 bits per heavy atom. The van der Waals surface area contributed by atoms with Crippen LogP contribution in [0.3, 0.4) is 0 Å². The zero-order valence-corrected chi connectivity index (χ0v) is 10.3. The molecular formula is C9H5Cl2NO6. The summed E-state index contributed by atoms with van der Waals surface area (Å²) >= 11 is 11.2. The van der Waals surface area contributed by atoms with E-state index < -0.39 is 38.2 Å². The number of rotatable bonds is 3. The fourth-order valence-electron chi connectivity index (χ4n) is 1.25. The highest BCUT2D eigenvalue weighted by Gasteiger charge is 2.31. The van der Waals surface area contributed by atoms with Gasteiger partial charge in [0, 0.05) is 0 Å². The van der Waals surface area contributed by atoms with Crippen molar-refractivity contribution in [2.75, 3.05) is 7.11 Å². The fraction of sp³-hybridized carbons (Fsp3) is 0.111. The van der Waals surface area contributed by atoms with E-state index in [0.29, 0.717) is 0 Å². The third-order valence-electron chi connectivity index (χ3n) is 1.99. The molecule has 1 rings (SSSR count). The quantitative estimate of drug-likeness (QED) is 0.521. The second-order valence-electron chi connectivity index (χ2n) is 3.00. The van der Waals surface area contributed by atoms with Gasteiger partial charge in [-0.1, -0.05) is 23.2 Å². The Balaban J connectivity index is 3.72. The maximum absolute atomic E-state index is 11.3. The first-order valence-electron chi connectivity index (χ1n) is 4.29. The number of halogens is 2. The van der Waals surface area contributed by atoms with Gasteiger partial charge >= 0.3 is 17.6 Å². The van der Waals surface area contributed by atoms with Crippen LogP contribution in [0.1, 0.15) is 20.7 Å². The number of benzene rings is 1. The molecule has 18 heavy (non-hydrogen) atoms. The van der Waals surface area contributed by atoms with Gasteiger partial charge in [-0.15, -0.1) is 0 Å². The predicted molar refractivity (Wildman–Crippen MR) is 61.4 cm³/mol. The van der Waals surface area contributed by atoms with Crippen LogP contribution in [0, 0.1) is 10.1 Å². The van der Waals surface area contributed by atoms with Gasteiger partial charge < -0.3 is 9.84 Å². The number of carbonyl (C=O) groups is 2. The van der Waals surface area contributed by atoms with Gasteiger partial charge in [-0.3, -0.25) is 10.1 Å². The normalized spacial score (nSPS) is 9.94. The van der Waals surface area contributed by atoms with Crippen molar-refractivity contribution in [1.29, 1.82) is 0 Å². The Morgan fingerprint density at radius 2 is 2.00 bits per heavy atom. The summed E-state index contributed by atoms with van der Waals surface area (Å²) in [7, 11) is 1.05. The summed E-state index contributed by atoms with van der Waals surface area (Å²) in [6.07, 6.45) is 0. The molecule has 0 atom stereocenters. The molecule has 7 nitrogen and oxygen atoms in total. The molecule has 0 spiro atoms. The average molecular weight is 294 g/mol. The molecule has 0 saturated carbocycles. The maximum Gasteiger partial charge on any atom is 0.344 e. The Morgan fingerprint density at radius 1 is 1.44 bits per heavy atom. The maximum atomic E-state index is 11.3. The zero-order chi connectivity index (χ0) is 14.0. The molecule has 0 bridgehead atoms. The summed E-state index contributed by atoms with van der Waals surface area (Å²) in [4.78, 5) is 32.0. The molecule has 0 saturated heterocycles. The van der Waals surface area contributed by atoms with Crippen molar-refractivity contribution < 1.29 is 24.4 Å². The Bertz CT molecular complexity index is 556. The molecule has 1 N–H and O–H groups in total. The zero-order valence-electron chi connectivity index (χ0n) is 8.77. The third kappa shape index (κ3) is 2.36. The summed E-state index contributed by atoms with van der Waals surface area (Å²) in [5, 5.41) is 18.5. The number of nitro benzene ring substituents is 1. The number of aromatic carboxylic acids is 1. The Hall–Kier alpha value is -1.86. The molecule has 1 aromatic carbocycles. The van der Waals surface area contributed by atoms with E-state index in [1.165, 1.54) is 0 Å². The lowest BCUT2D eigenvalue weighted by atomic mass is 10.1. The first-order valence-corrected chi connectivity index (χ1v) is 5.04. The van der Waals surface area contributed by atoms with Gasteiger partial charge in [0.25, 0.3) is 0 Å². The van der Waals surface area contributed by atoms with Crippen molar-refractivity contribution in [3.05, 3.63) is 37.4 Å². The molecule has 0 aromatic heterocycles. The van der Waals surface area contributed by atoms with E-state index in [1.807, 2.05) is 0 Å². The van der Waals surface area contributed by atoms with E-state index in [-0.39, 0.29) is 5.56 Å². The highest BCUT2D eigenvalue weighted by atomic mass is 35.5. The molecule has 0 aliphatic heterocycles. The molecule has 0 heterocycles. The standard InChI is InChI=1S/C9H5Cl2NO6/c1-18-9(15)3-2-4(10)5(8(13)14)7(6(3)11)12(16)17/h2H,1H3,(H,13,14). The van der Waals surface area contributed by atoms with Crippen molar-refractivity contribution in [3.63, 3.8) is 0 Å². The molecule has 0 unspecified atom stereocenters. The number of carboxylic acid groups (broad SMARTS) is 1. The van der Waals surface area contributed by atoms with Gasteiger partial charge in [0.2, 0.25) is 0 Å². The molecule has 1 aromatic rings. The summed E-state index contributed by atoms with van der Waals surface area (Å²) in [5.74, 6) is -2.58. The summed E-state index contributed by atoms with van der Waals surface area (Å²) in [6, 6.07) is 0.909.